The van der Waals surface area contributed by atoms with Gasteiger partial charge in [-0.2, -0.15) is 0 Å². The van der Waals surface area contributed by atoms with Crippen molar-refractivity contribution in [1.29, 1.82) is 0 Å². The summed E-state index contributed by atoms with van der Waals surface area (Å²) in [5.41, 5.74) is 1.53. The largest absolute Gasteiger partial charge is 0.359 e. The molecule has 1 fully saturated rings. The topological polar surface area (TPSA) is 58.4 Å². The molecule has 0 radical (unpaired) electrons. The normalized spacial score (nSPS) is 19.8. The first-order valence-electron chi connectivity index (χ1n) is 7.50. The highest BCUT2D eigenvalue weighted by Crippen LogP contribution is 2.49. The summed E-state index contributed by atoms with van der Waals surface area (Å²) in [6.07, 6.45) is 0.705. The molecule has 0 spiro atoms. The molecule has 1 unspecified atom stereocenters. The number of urea groups is 1. The van der Waals surface area contributed by atoms with Crippen LogP contribution in [-0.2, 0) is 6.42 Å². The van der Waals surface area contributed by atoms with Crippen molar-refractivity contribution in [2.45, 2.75) is 40.2 Å². The first-order chi connectivity index (χ1) is 10.4. The fraction of sp³-hybridized carbons (Fsp3) is 0.500. The summed E-state index contributed by atoms with van der Waals surface area (Å²) in [5.74, 6) is 0.721. The Kier molecular flexibility index (Phi) is 3.72. The Bertz CT molecular complexity index is 676. The maximum atomic E-state index is 12.7. The molecule has 2 aromatic heterocycles. The smallest absolute Gasteiger partial charge is 0.322 e. The molecule has 1 aliphatic rings. The molecule has 1 N–H and O–H groups in total. The summed E-state index contributed by atoms with van der Waals surface area (Å²) < 4.78 is 5.24. The second kappa shape index (κ2) is 5.43. The number of hydrogen-bond acceptors (Lipinski definition) is 4. The Hall–Kier alpha value is -1.82. The molecule has 1 aliphatic heterocycles. The molecule has 0 aliphatic carbocycles. The molecule has 3 heterocycles. The third kappa shape index (κ3) is 2.41. The molecule has 6 heteroatoms. The number of aromatic nitrogens is 1. The van der Waals surface area contributed by atoms with E-state index < -0.39 is 0 Å². The van der Waals surface area contributed by atoms with E-state index in [2.05, 4.69) is 35.8 Å². The monoisotopic (exact) mass is 319 g/mol. The fourth-order valence-corrected chi connectivity index (χ4v) is 4.14. The van der Waals surface area contributed by atoms with E-state index in [1.54, 1.807) is 11.3 Å². The molecular weight excluding hydrogens is 298 g/mol. The Labute approximate surface area is 134 Å². The van der Waals surface area contributed by atoms with Crippen LogP contribution in [0.2, 0.25) is 0 Å². The number of nitrogens with zero attached hydrogens (tertiary/aromatic N) is 2. The van der Waals surface area contributed by atoms with Gasteiger partial charge in [-0.05, 0) is 18.4 Å². The van der Waals surface area contributed by atoms with E-state index in [9.17, 15) is 4.79 Å². The number of thiophene rings is 1. The van der Waals surface area contributed by atoms with Crippen LogP contribution >= 0.6 is 11.3 Å². The maximum absolute atomic E-state index is 12.7. The van der Waals surface area contributed by atoms with Gasteiger partial charge >= 0.3 is 6.03 Å². The Morgan fingerprint density at radius 3 is 2.95 bits per heavy atom. The predicted molar refractivity (Wildman–Crippen MR) is 87.2 cm³/mol. The summed E-state index contributed by atoms with van der Waals surface area (Å²) in [7, 11) is 0. The van der Waals surface area contributed by atoms with Gasteiger partial charge in [0.1, 0.15) is 11.4 Å². The van der Waals surface area contributed by atoms with Crippen LogP contribution in [0.25, 0.3) is 0 Å². The summed E-state index contributed by atoms with van der Waals surface area (Å²) >= 11 is 1.70. The van der Waals surface area contributed by atoms with Crippen LogP contribution in [0.15, 0.2) is 22.0 Å². The lowest BCUT2D eigenvalue weighted by Crippen LogP contribution is -2.58. The van der Waals surface area contributed by atoms with Crippen LogP contribution in [0.1, 0.15) is 43.1 Å². The number of likely N-dealkylation sites (tertiary alicyclic amines) is 1. The molecule has 22 heavy (non-hydrogen) atoms. The van der Waals surface area contributed by atoms with E-state index in [1.807, 2.05) is 24.8 Å². The maximum Gasteiger partial charge on any atom is 0.322 e. The number of carbonyl (C=O) groups excluding carboxylic acids is 1. The zero-order valence-corrected chi connectivity index (χ0v) is 14.2. The van der Waals surface area contributed by atoms with Gasteiger partial charge in [0.15, 0.2) is 5.76 Å². The molecule has 1 atom stereocenters. The van der Waals surface area contributed by atoms with E-state index >= 15 is 0 Å². The summed E-state index contributed by atoms with van der Waals surface area (Å²) in [6, 6.07) is 4.17. The van der Waals surface area contributed by atoms with Gasteiger partial charge in [0.2, 0.25) is 0 Å². The number of aryl methyl sites for hydroxylation is 2. The fourth-order valence-electron chi connectivity index (χ4n) is 3.10. The number of hydrogen-bond donors (Lipinski definition) is 1. The van der Waals surface area contributed by atoms with Gasteiger partial charge in [0, 0.05) is 23.3 Å². The Morgan fingerprint density at radius 2 is 2.36 bits per heavy atom. The lowest BCUT2D eigenvalue weighted by molar-refractivity contribution is -0.00934. The number of carbonyl (C=O) groups is 1. The van der Waals surface area contributed by atoms with Gasteiger partial charge in [-0.15, -0.1) is 11.3 Å². The molecule has 3 rings (SSSR count). The molecule has 2 amide bonds. The Balaban J connectivity index is 1.79. The number of amides is 2. The average molecular weight is 319 g/mol. The van der Waals surface area contributed by atoms with Crippen molar-refractivity contribution < 1.29 is 9.32 Å². The van der Waals surface area contributed by atoms with Crippen molar-refractivity contribution in [3.63, 3.8) is 0 Å². The lowest BCUT2D eigenvalue weighted by Gasteiger charge is -2.53. The number of nitrogens with one attached hydrogen (secondary N) is 1. The third-order valence-corrected chi connectivity index (χ3v) is 5.11. The molecule has 5 nitrogen and oxygen atoms in total. The minimum atomic E-state index is -0.0845. The highest BCUT2D eigenvalue weighted by atomic mass is 32.1. The quantitative estimate of drug-likeness (QED) is 0.921. The van der Waals surface area contributed by atoms with Crippen LogP contribution in [0.4, 0.5) is 10.5 Å². The molecule has 0 saturated carbocycles. The van der Waals surface area contributed by atoms with Gasteiger partial charge < -0.3 is 14.7 Å². The summed E-state index contributed by atoms with van der Waals surface area (Å²) in [5, 5.41) is 8.97. The number of anilines is 1. The van der Waals surface area contributed by atoms with Crippen molar-refractivity contribution in [2.75, 3.05) is 11.9 Å². The zero-order chi connectivity index (χ0) is 15.9. The first-order valence-corrected chi connectivity index (χ1v) is 8.38. The van der Waals surface area contributed by atoms with Crippen molar-refractivity contribution in [1.82, 2.24) is 10.1 Å². The van der Waals surface area contributed by atoms with Crippen molar-refractivity contribution in [3.8, 4) is 0 Å². The molecule has 0 bridgehead atoms. The third-order valence-electron chi connectivity index (χ3n) is 4.19. The van der Waals surface area contributed by atoms with Gasteiger partial charge in [-0.3, -0.25) is 0 Å². The van der Waals surface area contributed by atoms with E-state index in [-0.39, 0.29) is 17.5 Å². The highest BCUT2D eigenvalue weighted by Gasteiger charge is 2.49. The van der Waals surface area contributed by atoms with Crippen molar-refractivity contribution >= 4 is 23.1 Å². The van der Waals surface area contributed by atoms with Gasteiger partial charge in [0.25, 0.3) is 0 Å². The molecule has 0 aromatic carbocycles. The van der Waals surface area contributed by atoms with Crippen LogP contribution in [0, 0.1) is 12.3 Å². The SMILES string of the molecule is CCc1onc(C)c1NC(=O)N1CC(C)(C)C1c1cccs1. The van der Waals surface area contributed by atoms with E-state index in [0.717, 1.165) is 18.0 Å². The minimum absolute atomic E-state index is 0.0845. The van der Waals surface area contributed by atoms with E-state index in [0.29, 0.717) is 12.1 Å². The van der Waals surface area contributed by atoms with Crippen LogP contribution in [0.5, 0.6) is 0 Å². The van der Waals surface area contributed by atoms with Gasteiger partial charge in [-0.25, -0.2) is 4.79 Å². The van der Waals surface area contributed by atoms with E-state index in [4.69, 9.17) is 4.52 Å². The van der Waals surface area contributed by atoms with E-state index in [1.165, 1.54) is 4.88 Å². The predicted octanol–water partition coefficient (Wildman–Crippen LogP) is 4.22. The highest BCUT2D eigenvalue weighted by molar-refractivity contribution is 7.10. The standard InChI is InChI=1S/C16H21N3O2S/c1-5-11-13(10(2)18-21-11)17-15(20)19-9-16(3,4)14(19)12-7-6-8-22-12/h6-8,14H,5,9H2,1-4H3,(H,17,20). The van der Waals surface area contributed by atoms with Crippen molar-refractivity contribution in [3.05, 3.63) is 33.8 Å². The zero-order valence-electron chi connectivity index (χ0n) is 13.3. The van der Waals surface area contributed by atoms with Gasteiger partial charge in [-0.1, -0.05) is 32.0 Å². The second-order valence-corrected chi connectivity index (χ2v) is 7.36. The van der Waals surface area contributed by atoms with Crippen LogP contribution in [0.3, 0.4) is 0 Å². The summed E-state index contributed by atoms with van der Waals surface area (Å²) in [6.45, 7) is 8.96. The minimum Gasteiger partial charge on any atom is -0.359 e. The van der Waals surface area contributed by atoms with Crippen molar-refractivity contribution in [2.24, 2.45) is 5.41 Å². The molecule has 2 aromatic rings. The molecular formula is C16H21N3O2S. The number of rotatable bonds is 3. The lowest BCUT2D eigenvalue weighted by atomic mass is 9.74. The van der Waals surface area contributed by atoms with Gasteiger partial charge in [0.05, 0.1) is 6.04 Å². The van der Waals surface area contributed by atoms with Crippen LogP contribution < -0.4 is 5.32 Å². The Morgan fingerprint density at radius 1 is 1.59 bits per heavy atom. The van der Waals surface area contributed by atoms with Crippen LogP contribution in [-0.4, -0.2) is 22.6 Å². The second-order valence-electron chi connectivity index (χ2n) is 6.38. The summed E-state index contributed by atoms with van der Waals surface area (Å²) in [4.78, 5) is 15.8. The molecule has 118 valence electrons. The first kappa shape index (κ1) is 15.1. The average Bonchev–Trinajstić information content (AvgIpc) is 3.08. The molecule has 1 saturated heterocycles.